The van der Waals surface area contributed by atoms with Crippen molar-refractivity contribution in [1.82, 2.24) is 4.31 Å². The van der Waals surface area contributed by atoms with Gasteiger partial charge in [0.15, 0.2) is 5.82 Å². The predicted molar refractivity (Wildman–Crippen MR) is 65.5 cm³/mol. The summed E-state index contributed by atoms with van der Waals surface area (Å²) in [5.74, 6) is -2.40. The number of nitrogens with zero attached hydrogens (tertiary/aromatic N) is 1. The van der Waals surface area contributed by atoms with Crippen LogP contribution in [0.3, 0.4) is 0 Å². The maximum absolute atomic E-state index is 14.0. The van der Waals surface area contributed by atoms with Crippen LogP contribution in [0.25, 0.3) is 0 Å². The van der Waals surface area contributed by atoms with Crippen molar-refractivity contribution in [3.8, 4) is 0 Å². The van der Waals surface area contributed by atoms with Gasteiger partial charge in [-0.3, -0.25) is 0 Å². The predicted octanol–water partition coefficient (Wildman–Crippen LogP) is 1.72. The van der Waals surface area contributed by atoms with Gasteiger partial charge in [-0.05, 0) is 12.1 Å². The minimum Gasteiger partial charge on any atom is -0.379 e. The second kappa shape index (κ2) is 5.70. The highest BCUT2D eigenvalue weighted by atomic mass is 35.5. The first kappa shape index (κ1) is 14.6. The lowest BCUT2D eigenvalue weighted by Crippen LogP contribution is -2.41. The van der Waals surface area contributed by atoms with Gasteiger partial charge in [0, 0.05) is 18.7 Å². The number of ether oxygens (including phenoxy) is 1. The van der Waals surface area contributed by atoms with E-state index in [9.17, 15) is 17.2 Å². The van der Waals surface area contributed by atoms with Crippen LogP contribution in [0.4, 0.5) is 8.78 Å². The van der Waals surface area contributed by atoms with E-state index in [0.29, 0.717) is 0 Å². The number of hydrogen-bond donors (Lipinski definition) is 0. The molecule has 4 nitrogen and oxygen atoms in total. The maximum Gasteiger partial charge on any atom is 0.246 e. The number of hydrogen-bond acceptors (Lipinski definition) is 3. The van der Waals surface area contributed by atoms with E-state index in [2.05, 4.69) is 0 Å². The van der Waals surface area contributed by atoms with E-state index in [0.717, 1.165) is 16.4 Å². The van der Waals surface area contributed by atoms with Crippen LogP contribution in [0.5, 0.6) is 0 Å². The molecule has 106 valence electrons. The maximum atomic E-state index is 14.0. The van der Waals surface area contributed by atoms with Gasteiger partial charge < -0.3 is 4.74 Å². The molecular weight excluding hydrogens is 300 g/mol. The Morgan fingerprint density at radius 1 is 1.26 bits per heavy atom. The standard InChI is InChI=1S/C11H12ClF2NO3S/c12-7-8-9(13)1-2-10(11(8)14)19(16,17)15-3-5-18-6-4-15/h1-2H,3-7H2. The van der Waals surface area contributed by atoms with E-state index in [1.807, 2.05) is 0 Å². The summed E-state index contributed by atoms with van der Waals surface area (Å²) < 4.78 is 58.0. The lowest BCUT2D eigenvalue weighted by Gasteiger charge is -2.26. The molecule has 0 aromatic heterocycles. The van der Waals surface area contributed by atoms with Crippen LogP contribution in [0.15, 0.2) is 17.0 Å². The number of sulfonamides is 1. The van der Waals surface area contributed by atoms with E-state index in [-0.39, 0.29) is 26.3 Å². The molecule has 1 heterocycles. The molecular formula is C11H12ClF2NO3S. The zero-order valence-electron chi connectivity index (χ0n) is 9.90. The lowest BCUT2D eigenvalue weighted by atomic mass is 10.2. The molecule has 0 aliphatic carbocycles. The third-order valence-corrected chi connectivity index (χ3v) is 5.06. The molecule has 0 unspecified atom stereocenters. The highest BCUT2D eigenvalue weighted by molar-refractivity contribution is 7.89. The first-order chi connectivity index (χ1) is 8.98. The normalized spacial score (nSPS) is 17.6. The van der Waals surface area contributed by atoms with Crippen molar-refractivity contribution < 1.29 is 21.9 Å². The molecule has 19 heavy (non-hydrogen) atoms. The van der Waals surface area contributed by atoms with Crippen LogP contribution < -0.4 is 0 Å². The molecule has 0 amide bonds. The second-order valence-corrected chi connectivity index (χ2v) is 6.16. The largest absolute Gasteiger partial charge is 0.379 e. The zero-order chi connectivity index (χ0) is 14.0. The molecule has 0 bridgehead atoms. The van der Waals surface area contributed by atoms with Crippen LogP contribution in [0, 0.1) is 11.6 Å². The molecule has 0 atom stereocenters. The summed E-state index contributed by atoms with van der Waals surface area (Å²) in [4.78, 5) is -0.550. The van der Waals surface area contributed by atoms with Crippen molar-refractivity contribution in [2.45, 2.75) is 10.8 Å². The molecule has 8 heteroatoms. The topological polar surface area (TPSA) is 46.6 Å². The SMILES string of the molecule is O=S(=O)(c1ccc(F)c(CCl)c1F)N1CCOCC1. The quantitative estimate of drug-likeness (QED) is 0.799. The summed E-state index contributed by atoms with van der Waals surface area (Å²) in [6.07, 6.45) is 0. The number of morpholine rings is 1. The molecule has 1 fully saturated rings. The van der Waals surface area contributed by atoms with Crippen molar-refractivity contribution in [3.63, 3.8) is 0 Å². The van der Waals surface area contributed by atoms with Gasteiger partial charge in [0.25, 0.3) is 0 Å². The van der Waals surface area contributed by atoms with Gasteiger partial charge in [0.2, 0.25) is 10.0 Å². The van der Waals surface area contributed by atoms with Gasteiger partial charge in [-0.15, -0.1) is 11.6 Å². The van der Waals surface area contributed by atoms with E-state index in [4.69, 9.17) is 16.3 Å². The molecule has 1 aromatic carbocycles. The molecule has 0 saturated carbocycles. The smallest absolute Gasteiger partial charge is 0.246 e. The number of benzene rings is 1. The number of halogens is 3. The molecule has 1 saturated heterocycles. The molecule has 1 aromatic rings. The number of rotatable bonds is 3. The molecule has 0 spiro atoms. The fourth-order valence-electron chi connectivity index (χ4n) is 1.82. The Morgan fingerprint density at radius 2 is 1.89 bits per heavy atom. The minimum atomic E-state index is -3.99. The van der Waals surface area contributed by atoms with Gasteiger partial charge in [0.1, 0.15) is 10.7 Å². The molecule has 2 rings (SSSR count). The highest BCUT2D eigenvalue weighted by Gasteiger charge is 2.30. The van der Waals surface area contributed by atoms with Gasteiger partial charge in [-0.25, -0.2) is 17.2 Å². The summed E-state index contributed by atoms with van der Waals surface area (Å²) in [5.41, 5.74) is -0.434. The molecule has 1 aliphatic heterocycles. The van der Waals surface area contributed by atoms with Crippen molar-refractivity contribution in [2.75, 3.05) is 26.3 Å². The average Bonchev–Trinajstić information content (AvgIpc) is 2.40. The van der Waals surface area contributed by atoms with Crippen molar-refractivity contribution in [1.29, 1.82) is 0 Å². The summed E-state index contributed by atoms with van der Waals surface area (Å²) in [7, 11) is -3.99. The Balaban J connectivity index is 2.46. The Labute approximate surface area is 115 Å². The summed E-state index contributed by atoms with van der Waals surface area (Å²) in [5, 5.41) is 0. The summed E-state index contributed by atoms with van der Waals surface area (Å²) in [6, 6.07) is 1.83. The van der Waals surface area contributed by atoms with Crippen LogP contribution in [-0.4, -0.2) is 39.0 Å². The van der Waals surface area contributed by atoms with Gasteiger partial charge >= 0.3 is 0 Å². The fraction of sp³-hybridized carbons (Fsp3) is 0.455. The Morgan fingerprint density at radius 3 is 2.47 bits per heavy atom. The Kier molecular flexibility index (Phi) is 4.39. The van der Waals surface area contributed by atoms with Crippen LogP contribution in [-0.2, 0) is 20.6 Å². The van der Waals surface area contributed by atoms with E-state index in [1.165, 1.54) is 0 Å². The van der Waals surface area contributed by atoms with E-state index < -0.39 is 38.0 Å². The third-order valence-electron chi connectivity index (χ3n) is 2.87. The molecule has 1 aliphatic rings. The Hall–Kier alpha value is -0.760. The first-order valence-corrected chi connectivity index (χ1v) is 7.56. The zero-order valence-corrected chi connectivity index (χ0v) is 11.5. The van der Waals surface area contributed by atoms with E-state index in [1.54, 1.807) is 0 Å². The van der Waals surface area contributed by atoms with Crippen LogP contribution in [0.2, 0.25) is 0 Å². The average molecular weight is 312 g/mol. The highest BCUT2D eigenvalue weighted by Crippen LogP contribution is 2.25. The monoisotopic (exact) mass is 311 g/mol. The van der Waals surface area contributed by atoms with Crippen molar-refractivity contribution >= 4 is 21.6 Å². The summed E-state index contributed by atoms with van der Waals surface area (Å²) in [6.45, 7) is 0.805. The molecule has 0 N–H and O–H groups in total. The van der Waals surface area contributed by atoms with Crippen LogP contribution >= 0.6 is 11.6 Å². The summed E-state index contributed by atoms with van der Waals surface area (Å²) >= 11 is 5.44. The van der Waals surface area contributed by atoms with E-state index >= 15 is 0 Å². The minimum absolute atomic E-state index is 0.148. The van der Waals surface area contributed by atoms with Gasteiger partial charge in [0.05, 0.1) is 19.1 Å². The third kappa shape index (κ3) is 2.74. The first-order valence-electron chi connectivity index (χ1n) is 5.59. The second-order valence-electron chi connectivity index (χ2n) is 3.99. The number of alkyl halides is 1. The van der Waals surface area contributed by atoms with Crippen molar-refractivity contribution in [2.24, 2.45) is 0 Å². The van der Waals surface area contributed by atoms with Gasteiger partial charge in [-0.2, -0.15) is 4.31 Å². The van der Waals surface area contributed by atoms with Gasteiger partial charge in [-0.1, -0.05) is 0 Å². The fourth-order valence-corrected chi connectivity index (χ4v) is 3.57. The van der Waals surface area contributed by atoms with Crippen molar-refractivity contribution in [3.05, 3.63) is 29.3 Å². The van der Waals surface area contributed by atoms with Crippen LogP contribution in [0.1, 0.15) is 5.56 Å². The lowest BCUT2D eigenvalue weighted by molar-refractivity contribution is 0.0729. The Bertz CT molecular complexity index is 574. The molecule has 0 radical (unpaired) electrons.